The number of hydrazone groups is 1. The van der Waals surface area contributed by atoms with Crippen molar-refractivity contribution >= 4 is 11.6 Å². The summed E-state index contributed by atoms with van der Waals surface area (Å²) in [6.45, 7) is 6.08. The maximum Gasteiger partial charge on any atom is 0.277 e. The first-order chi connectivity index (χ1) is 9.61. The van der Waals surface area contributed by atoms with Crippen LogP contribution in [-0.4, -0.2) is 18.2 Å². The van der Waals surface area contributed by atoms with Crippen molar-refractivity contribution in [2.24, 2.45) is 5.10 Å². The number of unbranched alkanes of at least 4 members (excludes halogenated alkanes) is 2. The molecule has 1 amide bonds. The van der Waals surface area contributed by atoms with Crippen molar-refractivity contribution < 1.29 is 9.53 Å². The van der Waals surface area contributed by atoms with Crippen molar-refractivity contribution in [3.8, 4) is 5.75 Å². The zero-order valence-corrected chi connectivity index (χ0v) is 12.6. The molecular weight excluding hydrogens is 252 g/mol. The molecule has 0 saturated heterocycles. The highest BCUT2D eigenvalue weighted by atomic mass is 16.5. The number of carbonyl (C=O) groups is 1. The van der Waals surface area contributed by atoms with Gasteiger partial charge >= 0.3 is 0 Å². The van der Waals surface area contributed by atoms with E-state index >= 15 is 0 Å². The topological polar surface area (TPSA) is 50.7 Å². The molecule has 1 aromatic carbocycles. The molecule has 0 aliphatic heterocycles. The normalized spacial score (nSPS) is 11.2. The molecule has 4 heteroatoms. The summed E-state index contributed by atoms with van der Waals surface area (Å²) in [5.41, 5.74) is 4.62. The second kappa shape index (κ2) is 9.13. The summed E-state index contributed by atoms with van der Waals surface area (Å²) in [6.07, 6.45) is 4.41. The van der Waals surface area contributed by atoms with Gasteiger partial charge in [0.2, 0.25) is 0 Å². The van der Waals surface area contributed by atoms with Gasteiger partial charge in [-0.25, -0.2) is 5.43 Å². The number of ether oxygens (including phenoxy) is 1. The summed E-state index contributed by atoms with van der Waals surface area (Å²) in [5, 5.41) is 4.06. The molecule has 0 aromatic heterocycles. The third-order valence-electron chi connectivity index (χ3n) is 2.90. The highest BCUT2D eigenvalue weighted by molar-refractivity contribution is 5.84. The number of hydrogen-bond donors (Lipinski definition) is 1. The fourth-order valence-corrected chi connectivity index (χ4v) is 1.66. The van der Waals surface area contributed by atoms with E-state index in [1.807, 2.05) is 38.1 Å². The standard InChI is InChI=1S/C16H24N2O2/c1-4-5-6-7-14(3)17-18-16(19)12-20-15-10-8-13(2)9-11-15/h8-11H,4-7,12H2,1-3H3,(H,18,19)/b17-14+. The average Bonchev–Trinajstić information content (AvgIpc) is 2.45. The predicted octanol–water partition coefficient (Wildman–Crippen LogP) is 3.45. The van der Waals surface area contributed by atoms with E-state index in [0.717, 1.165) is 24.1 Å². The van der Waals surface area contributed by atoms with Crippen LogP contribution >= 0.6 is 0 Å². The van der Waals surface area contributed by atoms with Gasteiger partial charge in [0, 0.05) is 5.71 Å². The van der Waals surface area contributed by atoms with Crippen LogP contribution in [0.25, 0.3) is 0 Å². The molecule has 0 radical (unpaired) electrons. The summed E-state index contributed by atoms with van der Waals surface area (Å²) in [5.74, 6) is 0.454. The Labute approximate surface area is 121 Å². The SMILES string of the molecule is CCCCC/C(C)=N/NC(=O)COc1ccc(C)cc1. The molecule has 110 valence electrons. The Hall–Kier alpha value is -1.84. The summed E-state index contributed by atoms with van der Waals surface area (Å²) in [6, 6.07) is 7.59. The van der Waals surface area contributed by atoms with Crippen molar-refractivity contribution in [1.82, 2.24) is 5.43 Å². The smallest absolute Gasteiger partial charge is 0.277 e. The molecule has 1 aromatic rings. The maximum atomic E-state index is 11.6. The lowest BCUT2D eigenvalue weighted by atomic mass is 10.1. The highest BCUT2D eigenvalue weighted by Gasteiger charge is 2.02. The van der Waals surface area contributed by atoms with E-state index < -0.39 is 0 Å². The van der Waals surface area contributed by atoms with Crippen molar-refractivity contribution in [1.29, 1.82) is 0 Å². The van der Waals surface area contributed by atoms with E-state index in [0.29, 0.717) is 5.75 Å². The Morgan fingerprint density at radius 3 is 2.60 bits per heavy atom. The number of benzene rings is 1. The van der Waals surface area contributed by atoms with Crippen LogP contribution < -0.4 is 10.2 Å². The van der Waals surface area contributed by atoms with Crippen molar-refractivity contribution in [3.63, 3.8) is 0 Å². The van der Waals surface area contributed by atoms with Crippen molar-refractivity contribution in [3.05, 3.63) is 29.8 Å². The predicted molar refractivity (Wildman–Crippen MR) is 82.1 cm³/mol. The lowest BCUT2D eigenvalue weighted by Gasteiger charge is -2.06. The molecule has 0 heterocycles. The van der Waals surface area contributed by atoms with Gasteiger partial charge in [0.15, 0.2) is 6.61 Å². The first kappa shape index (κ1) is 16.2. The largest absolute Gasteiger partial charge is 0.484 e. The van der Waals surface area contributed by atoms with Crippen LogP contribution in [0.2, 0.25) is 0 Å². The second-order valence-corrected chi connectivity index (χ2v) is 4.94. The van der Waals surface area contributed by atoms with E-state index in [1.165, 1.54) is 12.8 Å². The molecule has 0 aliphatic carbocycles. The van der Waals surface area contributed by atoms with Crippen LogP contribution in [0.4, 0.5) is 0 Å². The fraction of sp³-hybridized carbons (Fsp3) is 0.500. The molecule has 0 aliphatic rings. The van der Waals surface area contributed by atoms with Crippen LogP contribution in [0.1, 0.15) is 45.1 Å². The number of amides is 1. The Bertz CT molecular complexity index is 438. The summed E-state index contributed by atoms with van der Waals surface area (Å²) < 4.78 is 5.37. The Kier molecular flexibility index (Phi) is 7.40. The Morgan fingerprint density at radius 1 is 1.25 bits per heavy atom. The first-order valence-corrected chi connectivity index (χ1v) is 7.13. The summed E-state index contributed by atoms with van der Waals surface area (Å²) in [7, 11) is 0. The molecule has 4 nitrogen and oxygen atoms in total. The van der Waals surface area contributed by atoms with Crippen LogP contribution in [0, 0.1) is 6.92 Å². The Balaban J connectivity index is 2.26. The van der Waals surface area contributed by atoms with Gasteiger partial charge in [0.05, 0.1) is 0 Å². The Morgan fingerprint density at radius 2 is 1.95 bits per heavy atom. The maximum absolute atomic E-state index is 11.6. The molecule has 0 spiro atoms. The van der Waals surface area contributed by atoms with E-state index in [-0.39, 0.29) is 12.5 Å². The molecule has 0 bridgehead atoms. The number of hydrogen-bond acceptors (Lipinski definition) is 3. The van der Waals surface area contributed by atoms with Gasteiger partial charge in [0.25, 0.3) is 5.91 Å². The fourth-order valence-electron chi connectivity index (χ4n) is 1.66. The summed E-state index contributed by atoms with van der Waals surface area (Å²) in [4.78, 5) is 11.6. The second-order valence-electron chi connectivity index (χ2n) is 4.94. The monoisotopic (exact) mass is 276 g/mol. The minimum Gasteiger partial charge on any atom is -0.484 e. The third-order valence-corrected chi connectivity index (χ3v) is 2.90. The van der Waals surface area contributed by atoms with Crippen LogP contribution in [0.5, 0.6) is 5.75 Å². The molecule has 1 N–H and O–H groups in total. The van der Waals surface area contributed by atoms with Gasteiger partial charge in [-0.05, 0) is 38.8 Å². The zero-order chi connectivity index (χ0) is 14.8. The van der Waals surface area contributed by atoms with Gasteiger partial charge in [-0.1, -0.05) is 37.5 Å². The molecule has 0 saturated carbocycles. The third kappa shape index (κ3) is 6.92. The van der Waals surface area contributed by atoms with Gasteiger partial charge < -0.3 is 4.74 Å². The molecular formula is C16H24N2O2. The van der Waals surface area contributed by atoms with Gasteiger partial charge in [-0.2, -0.15) is 5.10 Å². The molecule has 0 atom stereocenters. The number of rotatable bonds is 8. The minimum atomic E-state index is -0.236. The quantitative estimate of drug-likeness (QED) is 0.449. The lowest BCUT2D eigenvalue weighted by Crippen LogP contribution is -2.25. The van der Waals surface area contributed by atoms with Gasteiger partial charge in [0.1, 0.15) is 5.75 Å². The van der Waals surface area contributed by atoms with Crippen molar-refractivity contribution in [2.45, 2.75) is 46.5 Å². The van der Waals surface area contributed by atoms with E-state index in [2.05, 4.69) is 17.5 Å². The minimum absolute atomic E-state index is 0.0190. The van der Waals surface area contributed by atoms with Crippen LogP contribution in [0.15, 0.2) is 29.4 Å². The lowest BCUT2D eigenvalue weighted by molar-refractivity contribution is -0.123. The van der Waals surface area contributed by atoms with E-state index in [1.54, 1.807) is 0 Å². The first-order valence-electron chi connectivity index (χ1n) is 7.13. The molecule has 1 rings (SSSR count). The molecule has 0 unspecified atom stereocenters. The van der Waals surface area contributed by atoms with Crippen LogP contribution in [-0.2, 0) is 4.79 Å². The van der Waals surface area contributed by atoms with Gasteiger partial charge in [-0.3, -0.25) is 4.79 Å². The summed E-state index contributed by atoms with van der Waals surface area (Å²) >= 11 is 0. The van der Waals surface area contributed by atoms with Crippen LogP contribution in [0.3, 0.4) is 0 Å². The number of nitrogens with zero attached hydrogens (tertiary/aromatic N) is 1. The van der Waals surface area contributed by atoms with Crippen molar-refractivity contribution in [2.75, 3.05) is 6.61 Å². The highest BCUT2D eigenvalue weighted by Crippen LogP contribution is 2.10. The van der Waals surface area contributed by atoms with Gasteiger partial charge in [-0.15, -0.1) is 0 Å². The van der Waals surface area contributed by atoms with E-state index in [9.17, 15) is 4.79 Å². The average molecular weight is 276 g/mol. The zero-order valence-electron chi connectivity index (χ0n) is 12.6. The number of nitrogens with one attached hydrogen (secondary N) is 1. The number of aryl methyl sites for hydroxylation is 1. The van der Waals surface area contributed by atoms with E-state index in [4.69, 9.17) is 4.74 Å². The molecule has 20 heavy (non-hydrogen) atoms. The number of carbonyl (C=O) groups excluding carboxylic acids is 1. The molecule has 0 fully saturated rings.